The van der Waals surface area contributed by atoms with Crippen molar-refractivity contribution >= 4 is 0 Å². The van der Waals surface area contributed by atoms with Gasteiger partial charge in [0.1, 0.15) is 0 Å². The van der Waals surface area contributed by atoms with Crippen molar-refractivity contribution in [1.29, 1.82) is 0 Å². The summed E-state index contributed by atoms with van der Waals surface area (Å²) in [5.41, 5.74) is 2.31. The fraction of sp³-hybridized carbons (Fsp3) is 0.576. The maximum atomic E-state index is 13.1. The number of hydrogen-bond donors (Lipinski definition) is 1. The van der Waals surface area contributed by atoms with Crippen molar-refractivity contribution in [2.45, 2.75) is 116 Å². The number of halogens is 3. The predicted molar refractivity (Wildman–Crippen MR) is 154 cm³/mol. The van der Waals surface area contributed by atoms with Crippen LogP contribution in [-0.2, 0) is 19.1 Å². The molecule has 1 unspecified atom stereocenters. The van der Waals surface area contributed by atoms with E-state index in [1.54, 1.807) is 12.1 Å². The second-order valence-corrected chi connectivity index (χ2v) is 11.3. The van der Waals surface area contributed by atoms with E-state index in [1.807, 2.05) is 24.3 Å². The number of aromatic nitrogens is 2. The van der Waals surface area contributed by atoms with Crippen molar-refractivity contribution in [1.82, 2.24) is 15.5 Å². The lowest BCUT2D eigenvalue weighted by molar-refractivity contribution is -0.137. The van der Waals surface area contributed by atoms with Crippen LogP contribution in [0, 0.1) is 5.92 Å². The number of benzene rings is 2. The molecule has 4 nitrogen and oxygen atoms in total. The molecule has 1 saturated carbocycles. The number of nitrogens with zero attached hydrogens (tertiary/aromatic N) is 2. The van der Waals surface area contributed by atoms with Crippen LogP contribution in [0.5, 0.6) is 0 Å². The third-order valence-corrected chi connectivity index (χ3v) is 8.17. The SMILES string of the molecule is CCCCCCCCCCCc1noc(-c2ccc(CNC(c3ccc(C(F)(F)F)cc3)C3CCCC3)cc2)n1. The van der Waals surface area contributed by atoms with Gasteiger partial charge < -0.3 is 9.84 Å². The van der Waals surface area contributed by atoms with Crippen molar-refractivity contribution in [3.05, 3.63) is 71.0 Å². The number of hydrogen-bond acceptors (Lipinski definition) is 4. The molecule has 1 aliphatic rings. The van der Waals surface area contributed by atoms with E-state index in [0.29, 0.717) is 18.4 Å². The van der Waals surface area contributed by atoms with E-state index in [4.69, 9.17) is 4.52 Å². The first kappa shape index (κ1) is 30.3. The van der Waals surface area contributed by atoms with Gasteiger partial charge >= 0.3 is 6.18 Å². The Morgan fingerprint density at radius 2 is 1.48 bits per heavy atom. The molecule has 3 aromatic rings. The molecule has 1 heterocycles. The van der Waals surface area contributed by atoms with E-state index in [-0.39, 0.29) is 6.04 Å². The Kier molecular flexibility index (Phi) is 11.6. The fourth-order valence-corrected chi connectivity index (χ4v) is 5.79. The summed E-state index contributed by atoms with van der Waals surface area (Å²) in [6.07, 6.45) is 12.6. The first-order chi connectivity index (χ1) is 19.4. The lowest BCUT2D eigenvalue weighted by Crippen LogP contribution is -2.27. The topological polar surface area (TPSA) is 51.0 Å². The first-order valence-corrected chi connectivity index (χ1v) is 15.3. The van der Waals surface area contributed by atoms with Gasteiger partial charge in [-0.05, 0) is 60.6 Å². The van der Waals surface area contributed by atoms with Crippen LogP contribution in [0.2, 0.25) is 0 Å². The second-order valence-electron chi connectivity index (χ2n) is 11.3. The van der Waals surface area contributed by atoms with E-state index < -0.39 is 11.7 Å². The molecule has 1 N–H and O–H groups in total. The Hall–Kier alpha value is -2.67. The van der Waals surface area contributed by atoms with E-state index in [9.17, 15) is 13.2 Å². The minimum Gasteiger partial charge on any atom is -0.334 e. The number of unbranched alkanes of at least 4 members (excludes halogenated alkanes) is 8. The number of aryl methyl sites for hydroxylation is 1. The molecule has 1 aliphatic carbocycles. The fourth-order valence-electron chi connectivity index (χ4n) is 5.79. The minimum absolute atomic E-state index is 0.0315. The summed E-state index contributed by atoms with van der Waals surface area (Å²) in [6, 6.07) is 13.8. The van der Waals surface area contributed by atoms with Crippen LogP contribution in [0.1, 0.15) is 119 Å². The molecule has 0 saturated heterocycles. The van der Waals surface area contributed by atoms with Crippen LogP contribution in [0.25, 0.3) is 11.5 Å². The molecule has 1 fully saturated rings. The van der Waals surface area contributed by atoms with Crippen LogP contribution < -0.4 is 5.32 Å². The molecule has 0 aliphatic heterocycles. The van der Waals surface area contributed by atoms with Gasteiger partial charge in [-0.15, -0.1) is 0 Å². The van der Waals surface area contributed by atoms with Crippen molar-refractivity contribution in [2.24, 2.45) is 5.92 Å². The Labute approximate surface area is 237 Å². The van der Waals surface area contributed by atoms with Crippen molar-refractivity contribution < 1.29 is 17.7 Å². The average Bonchev–Trinajstić information content (AvgIpc) is 3.66. The average molecular weight is 556 g/mol. The molecule has 40 heavy (non-hydrogen) atoms. The molecule has 0 radical (unpaired) electrons. The maximum Gasteiger partial charge on any atom is 0.416 e. The molecular formula is C33H44F3N3O. The third-order valence-electron chi connectivity index (χ3n) is 8.17. The zero-order valence-corrected chi connectivity index (χ0v) is 23.8. The summed E-state index contributed by atoms with van der Waals surface area (Å²) >= 11 is 0. The zero-order valence-electron chi connectivity index (χ0n) is 23.8. The summed E-state index contributed by atoms with van der Waals surface area (Å²) < 4.78 is 44.7. The number of nitrogens with one attached hydrogen (secondary N) is 1. The molecule has 1 aromatic heterocycles. The Morgan fingerprint density at radius 3 is 2.10 bits per heavy atom. The standard InChI is InChI=1S/C33H44F3N3O/c1-2-3-4-5-6-7-8-9-10-15-30-38-32(40-39-30)28-18-16-25(17-19-28)24-37-31(26-13-11-12-14-26)27-20-22-29(23-21-27)33(34,35)36/h16-23,26,31,37H,2-15,24H2,1H3. The molecule has 1 atom stereocenters. The van der Waals surface area contributed by atoms with E-state index in [1.165, 1.54) is 76.3 Å². The monoisotopic (exact) mass is 555 g/mol. The van der Waals surface area contributed by atoms with Crippen LogP contribution in [0.15, 0.2) is 53.1 Å². The van der Waals surface area contributed by atoms with Gasteiger partial charge in [0.25, 0.3) is 5.89 Å². The highest BCUT2D eigenvalue weighted by Gasteiger charge is 2.31. The lowest BCUT2D eigenvalue weighted by atomic mass is 9.91. The summed E-state index contributed by atoms with van der Waals surface area (Å²) in [4.78, 5) is 4.59. The van der Waals surface area contributed by atoms with E-state index >= 15 is 0 Å². The largest absolute Gasteiger partial charge is 0.416 e. The van der Waals surface area contributed by atoms with Crippen molar-refractivity contribution in [3.8, 4) is 11.5 Å². The summed E-state index contributed by atoms with van der Waals surface area (Å²) in [6.45, 7) is 2.89. The van der Waals surface area contributed by atoms with Gasteiger partial charge in [-0.2, -0.15) is 18.2 Å². The number of alkyl halides is 3. The minimum atomic E-state index is -4.32. The van der Waals surface area contributed by atoms with Gasteiger partial charge in [0.15, 0.2) is 5.82 Å². The molecular weight excluding hydrogens is 511 g/mol. The van der Waals surface area contributed by atoms with Crippen molar-refractivity contribution in [2.75, 3.05) is 0 Å². The van der Waals surface area contributed by atoms with E-state index in [2.05, 4.69) is 22.4 Å². The summed E-state index contributed by atoms with van der Waals surface area (Å²) in [7, 11) is 0. The van der Waals surface area contributed by atoms with Crippen molar-refractivity contribution in [3.63, 3.8) is 0 Å². The van der Waals surface area contributed by atoms with E-state index in [0.717, 1.165) is 48.2 Å². The Morgan fingerprint density at radius 1 is 0.850 bits per heavy atom. The first-order valence-electron chi connectivity index (χ1n) is 15.3. The highest BCUT2D eigenvalue weighted by atomic mass is 19.4. The van der Waals surface area contributed by atoms with Crippen LogP contribution in [0.3, 0.4) is 0 Å². The van der Waals surface area contributed by atoms with Gasteiger partial charge in [0, 0.05) is 24.6 Å². The Bertz CT molecular complexity index is 1120. The molecule has 2 aromatic carbocycles. The third kappa shape index (κ3) is 9.18. The van der Waals surface area contributed by atoms with Gasteiger partial charge in [-0.25, -0.2) is 0 Å². The predicted octanol–water partition coefficient (Wildman–Crippen LogP) is 9.85. The van der Waals surface area contributed by atoms with Crippen LogP contribution >= 0.6 is 0 Å². The second kappa shape index (κ2) is 15.4. The smallest absolute Gasteiger partial charge is 0.334 e. The zero-order chi connectivity index (χ0) is 28.2. The molecule has 218 valence electrons. The lowest BCUT2D eigenvalue weighted by Gasteiger charge is -2.26. The van der Waals surface area contributed by atoms with Gasteiger partial charge in [-0.3, -0.25) is 0 Å². The van der Waals surface area contributed by atoms with Gasteiger partial charge in [0.2, 0.25) is 0 Å². The quantitative estimate of drug-likeness (QED) is 0.179. The van der Waals surface area contributed by atoms with Gasteiger partial charge in [0.05, 0.1) is 5.56 Å². The maximum absolute atomic E-state index is 13.1. The van der Waals surface area contributed by atoms with Crippen LogP contribution in [0.4, 0.5) is 13.2 Å². The molecule has 0 amide bonds. The molecule has 0 spiro atoms. The molecule has 4 rings (SSSR count). The Balaban J connectivity index is 1.25. The van der Waals surface area contributed by atoms with Gasteiger partial charge in [-0.1, -0.05) is 101 Å². The van der Waals surface area contributed by atoms with Crippen LogP contribution in [-0.4, -0.2) is 10.1 Å². The summed E-state index contributed by atoms with van der Waals surface area (Å²) in [5, 5.41) is 7.81. The number of rotatable bonds is 16. The highest BCUT2D eigenvalue weighted by Crippen LogP contribution is 2.37. The summed E-state index contributed by atoms with van der Waals surface area (Å²) in [5.74, 6) is 1.73. The highest BCUT2D eigenvalue weighted by molar-refractivity contribution is 5.53. The normalized spacial score (nSPS) is 15.1. The molecule has 7 heteroatoms. The molecule has 0 bridgehead atoms.